The highest BCUT2D eigenvalue weighted by Crippen LogP contribution is 2.37. The first kappa shape index (κ1) is 71.0. The number of rotatable bonds is 16. The van der Waals surface area contributed by atoms with Crippen LogP contribution >= 0.6 is 0 Å². The summed E-state index contributed by atoms with van der Waals surface area (Å²) in [6, 6.07) is 12.8. The molecule has 0 bridgehead atoms. The van der Waals surface area contributed by atoms with Gasteiger partial charge in [-0.3, -0.25) is 137 Å². The zero-order chi connectivity index (χ0) is 74.5. The van der Waals surface area contributed by atoms with Crippen molar-refractivity contribution in [2.75, 3.05) is 29.1 Å². The Morgan fingerprint density at radius 1 is 0.510 bits per heavy atom. The molecule has 39 heteroatoms. The quantitative estimate of drug-likeness (QED) is 0.0165. The first-order valence-corrected chi connectivity index (χ1v) is 31.2. The fourth-order valence-electron chi connectivity index (χ4n) is 12.3. The second kappa shape index (κ2) is 29.6. The molecule has 39 nitrogen and oxygen atoms in total. The Morgan fingerprint density at radius 2 is 0.885 bits per heavy atom. The van der Waals surface area contributed by atoms with Gasteiger partial charge in [-0.2, -0.15) is 0 Å². The normalized spacial score (nSPS) is 19.3. The number of aromatic nitrogens is 3. The highest BCUT2D eigenvalue weighted by Gasteiger charge is 2.50. The number of carbonyl (C=O) groups excluding carboxylic acids is 20. The second-order valence-corrected chi connectivity index (χ2v) is 23.4. The molecule has 528 valence electrons. The molecule has 13 rings (SSSR count). The van der Waals surface area contributed by atoms with E-state index in [-0.39, 0.29) is 144 Å². The van der Waals surface area contributed by atoms with Crippen LogP contribution in [0.4, 0.5) is 21.9 Å². The number of benzene rings is 4. The number of nitrogens with one attached hydrogen (secondary N) is 7. The van der Waals surface area contributed by atoms with Crippen molar-refractivity contribution in [3.8, 4) is 12.3 Å². The maximum Gasteiger partial charge on any atom is 0.412 e. The van der Waals surface area contributed by atoms with Gasteiger partial charge in [-0.15, -0.1) is 11.5 Å². The van der Waals surface area contributed by atoms with E-state index in [1.165, 1.54) is 79.0 Å². The third-order valence-electron chi connectivity index (χ3n) is 16.9. The number of amides is 19. The molecule has 0 aliphatic carbocycles. The zero-order valence-electron chi connectivity index (χ0n) is 53.5. The lowest BCUT2D eigenvalue weighted by atomic mass is 10.0. The molecule has 4 aromatic carbocycles. The molecular formula is C65H51N17O22. The number of nitrogens with zero attached hydrogens (tertiary/aromatic N) is 10. The summed E-state index contributed by atoms with van der Waals surface area (Å²) in [6.07, 6.45) is 5.05. The summed E-state index contributed by atoms with van der Waals surface area (Å²) < 4.78 is 11.1. The van der Waals surface area contributed by atoms with Crippen molar-refractivity contribution in [2.45, 2.75) is 95.1 Å². The van der Waals surface area contributed by atoms with E-state index in [0.717, 1.165) is 24.3 Å². The predicted octanol–water partition coefficient (Wildman–Crippen LogP) is -0.389. The molecular weight excluding hydrogens is 1370 g/mol. The third kappa shape index (κ3) is 14.2. The molecule has 0 spiro atoms. The van der Waals surface area contributed by atoms with E-state index in [1.807, 2.05) is 0 Å². The number of carbonyl (C=O) groups is 20. The van der Waals surface area contributed by atoms with Crippen LogP contribution < -0.4 is 37.2 Å². The van der Waals surface area contributed by atoms with Crippen LogP contribution in [0.5, 0.6) is 0 Å². The Bertz CT molecular complexity index is 4850. The highest BCUT2D eigenvalue weighted by atomic mass is 16.5. The Labute approximate surface area is 581 Å². The zero-order valence-corrected chi connectivity index (χ0v) is 53.5. The van der Waals surface area contributed by atoms with Crippen LogP contribution in [0.15, 0.2) is 84.1 Å². The van der Waals surface area contributed by atoms with Gasteiger partial charge in [0.05, 0.1) is 74.2 Å². The molecule has 0 radical (unpaired) electrons. The molecule has 4 saturated heterocycles. The van der Waals surface area contributed by atoms with E-state index >= 15 is 0 Å². The molecule has 8 aliphatic rings. The number of hydrogen-bond donors (Lipinski definition) is 7. The third-order valence-corrected chi connectivity index (χ3v) is 16.9. The van der Waals surface area contributed by atoms with Gasteiger partial charge in [-0.1, -0.05) is 46.6 Å². The van der Waals surface area contributed by atoms with Crippen molar-refractivity contribution in [3.05, 3.63) is 145 Å². The Morgan fingerprint density at radius 3 is 1.28 bits per heavy atom. The number of terminal acetylenes is 1. The minimum absolute atomic E-state index is 0.0135. The lowest BCUT2D eigenvalue weighted by molar-refractivity contribution is -0.144. The van der Waals surface area contributed by atoms with Gasteiger partial charge < -0.3 is 20.1 Å². The number of fused-ring (bicyclic) bond motifs is 4. The van der Waals surface area contributed by atoms with Gasteiger partial charge in [0.15, 0.2) is 6.61 Å². The van der Waals surface area contributed by atoms with Gasteiger partial charge in [0.2, 0.25) is 59.1 Å². The summed E-state index contributed by atoms with van der Waals surface area (Å²) >= 11 is 0. The van der Waals surface area contributed by atoms with Gasteiger partial charge in [0.1, 0.15) is 49.6 Å². The number of anilines is 3. The van der Waals surface area contributed by atoms with Crippen LogP contribution in [0.1, 0.15) is 145 Å². The lowest BCUT2D eigenvalue weighted by Crippen LogP contribution is -2.54. The van der Waals surface area contributed by atoms with Crippen LogP contribution in [0.25, 0.3) is 10.4 Å². The second-order valence-electron chi connectivity index (χ2n) is 23.4. The van der Waals surface area contributed by atoms with Crippen LogP contribution in [-0.4, -0.2) is 190 Å². The van der Waals surface area contributed by atoms with Gasteiger partial charge in [0.25, 0.3) is 47.3 Å². The first-order valence-electron chi connectivity index (χ1n) is 31.2. The van der Waals surface area contributed by atoms with E-state index in [1.54, 1.807) is 0 Å². The van der Waals surface area contributed by atoms with Gasteiger partial charge >= 0.3 is 12.1 Å². The van der Waals surface area contributed by atoms with Crippen molar-refractivity contribution >= 4 is 135 Å². The lowest BCUT2D eigenvalue weighted by Gasteiger charge is -2.27. The molecule has 4 atom stereocenters. The molecule has 4 fully saturated rings. The summed E-state index contributed by atoms with van der Waals surface area (Å²) in [6.45, 7) is -1.47. The molecule has 4 unspecified atom stereocenters. The van der Waals surface area contributed by atoms with Gasteiger partial charge in [0, 0.05) is 30.6 Å². The maximum absolute atomic E-state index is 13.3. The number of imide groups is 8. The molecule has 9 heterocycles. The smallest absolute Gasteiger partial charge is 0.412 e. The number of hydrogen-bond acceptors (Lipinski definition) is 25. The van der Waals surface area contributed by atoms with E-state index < -0.39 is 156 Å². The number of ether oxygens (including phenoxy) is 2. The number of piperidine rings is 4. The summed E-state index contributed by atoms with van der Waals surface area (Å²) in [5.74, 6) is -10.6. The average Bonchev–Trinajstić information content (AvgIpc) is 1.63. The Kier molecular flexibility index (Phi) is 20.2. The maximum atomic E-state index is 13.3. The van der Waals surface area contributed by atoms with Crippen molar-refractivity contribution < 1.29 is 105 Å². The molecule has 7 N–H and O–H groups in total. The van der Waals surface area contributed by atoms with Crippen LogP contribution in [0.3, 0.4) is 0 Å². The Hall–Kier alpha value is -14.3. The predicted molar refractivity (Wildman–Crippen MR) is 341 cm³/mol. The summed E-state index contributed by atoms with van der Waals surface area (Å²) in [4.78, 5) is 253. The molecule has 0 saturated carbocycles. The molecule has 8 aliphatic heterocycles. The van der Waals surface area contributed by atoms with Crippen molar-refractivity contribution in [3.63, 3.8) is 0 Å². The highest BCUT2D eigenvalue weighted by molar-refractivity contribution is 6.29. The first-order chi connectivity index (χ1) is 49.8. The topological polar surface area (TPSA) is 536 Å². The molecule has 5 aromatic rings. The van der Waals surface area contributed by atoms with E-state index in [9.17, 15) is 95.9 Å². The average molecular weight is 1420 g/mol. The number of esters is 1. The minimum Gasteiger partial charge on any atom is -0.459 e. The summed E-state index contributed by atoms with van der Waals surface area (Å²) in [5, 5.41) is 26.7. The van der Waals surface area contributed by atoms with Crippen molar-refractivity contribution in [2.24, 2.45) is 5.11 Å². The summed E-state index contributed by atoms with van der Waals surface area (Å²) in [5.41, 5.74) is 8.65. The molecule has 104 heavy (non-hydrogen) atoms. The fourth-order valence-corrected chi connectivity index (χ4v) is 12.3. The largest absolute Gasteiger partial charge is 0.459 e. The van der Waals surface area contributed by atoms with Gasteiger partial charge in [-0.25, -0.2) is 9.48 Å². The minimum atomic E-state index is -1.17. The standard InChI is InChI=1S/C33H26N8O11.C17H13N3O6.C15H12N6O5/c42-22-9-7-20(28(46)35-22)40-30(48)17-4-1-3-15(26(17)32(40)50)11-25(45)52-14-16-12-39(38-37-16)13-24(44)34-19-6-2-5-18-27(19)33(51)41(31(18)49)21-8-10-23(43)36-29(21)47;1-2-8-26-17(25)18-10-5-3-4-9-13(10)16(24)20(15(9)23)11-6-7-12(21)19-14(11)22;16-20-17-6-11(23)18-8-3-1-2-7-12(8)15(26)21(14(7)25)9-4-5-10(22)19-13(9)24/h1-6,12,20-21H,7-11,13-14H2,(H,34,44)(H,35,42,46)(H,36,43,47);1,3-5,11H,6-8H2,(H,18,25)(H,19,21,22);1-3,9H,4-6H2,(H,18,23)(H,19,22,24). The van der Waals surface area contributed by atoms with Gasteiger partial charge in [-0.05, 0) is 79.2 Å². The number of azide groups is 1. The van der Waals surface area contributed by atoms with Crippen molar-refractivity contribution in [1.82, 2.24) is 55.9 Å². The fraction of sp³-hybridized carbons (Fsp3) is 0.262. The SMILES string of the molecule is C#CCOC(=O)Nc1cccc2c1C(=O)N(C1CCC(=O)NC1=O)C2=O.O=C1CCC(N2C(=O)c3cccc(CC(=O)OCc4cn(CC(=O)Nc5cccc6c5C(=O)N(C5CCC(=O)NC5=O)C6=O)nn4)c3C2=O)C(=O)N1.[N-]=[N+]=NCC(=O)Nc1cccc2c1C(=O)N(C1CCC(=O)NC1=O)C2=O. The Balaban J connectivity index is 0.000000174. The van der Waals surface area contributed by atoms with E-state index in [4.69, 9.17) is 21.4 Å². The van der Waals surface area contributed by atoms with Crippen LogP contribution in [0, 0.1) is 12.3 Å². The monoisotopic (exact) mass is 1420 g/mol. The van der Waals surface area contributed by atoms with E-state index in [2.05, 4.69) is 63.5 Å². The van der Waals surface area contributed by atoms with E-state index in [0.29, 0.717) is 0 Å². The summed E-state index contributed by atoms with van der Waals surface area (Å²) in [7, 11) is 0. The molecule has 19 amide bonds. The van der Waals surface area contributed by atoms with Crippen LogP contribution in [-0.2, 0) is 81.8 Å². The molecule has 1 aromatic heterocycles. The van der Waals surface area contributed by atoms with Crippen LogP contribution in [0.2, 0.25) is 0 Å². The van der Waals surface area contributed by atoms with Crippen molar-refractivity contribution in [1.29, 1.82) is 0 Å².